The fourth-order valence-corrected chi connectivity index (χ4v) is 2.88. The molecule has 0 aliphatic heterocycles. The van der Waals surface area contributed by atoms with Crippen LogP contribution in [0.1, 0.15) is 25.7 Å². The lowest BCUT2D eigenvalue weighted by molar-refractivity contribution is 0.602. The third kappa shape index (κ3) is 1.95. The van der Waals surface area contributed by atoms with Gasteiger partial charge < -0.3 is 10.6 Å². The Morgan fingerprint density at radius 1 is 1.33 bits per heavy atom. The molecule has 18 heavy (non-hydrogen) atoms. The second-order valence-electron chi connectivity index (χ2n) is 4.83. The molecule has 96 valence electrons. The Balaban J connectivity index is 2.00. The molecule has 0 unspecified atom stereocenters. The molecule has 1 fully saturated rings. The van der Waals surface area contributed by atoms with Gasteiger partial charge in [-0.25, -0.2) is 9.50 Å². The van der Waals surface area contributed by atoms with Gasteiger partial charge in [0.2, 0.25) is 0 Å². The first kappa shape index (κ1) is 11.5. The van der Waals surface area contributed by atoms with Crippen molar-refractivity contribution in [1.82, 2.24) is 14.6 Å². The summed E-state index contributed by atoms with van der Waals surface area (Å²) in [6.45, 7) is 1.52. The number of nitrogens with zero attached hydrogens (tertiary/aromatic N) is 4. The van der Waals surface area contributed by atoms with Gasteiger partial charge in [0.05, 0.1) is 6.20 Å². The molecule has 0 bridgehead atoms. The Hall–Kier alpha value is -1.62. The maximum Gasteiger partial charge on any atom is 0.154 e. The van der Waals surface area contributed by atoms with Crippen molar-refractivity contribution in [3.05, 3.63) is 24.7 Å². The van der Waals surface area contributed by atoms with Gasteiger partial charge >= 0.3 is 0 Å². The van der Waals surface area contributed by atoms with Crippen molar-refractivity contribution in [3.63, 3.8) is 0 Å². The predicted molar refractivity (Wildman–Crippen MR) is 71.6 cm³/mol. The van der Waals surface area contributed by atoms with Gasteiger partial charge in [-0.1, -0.05) is 12.8 Å². The second-order valence-corrected chi connectivity index (χ2v) is 4.83. The number of aromatic nitrogens is 3. The van der Waals surface area contributed by atoms with Crippen molar-refractivity contribution in [2.45, 2.75) is 31.7 Å². The number of rotatable bonds is 4. The molecule has 2 N–H and O–H groups in total. The molecule has 5 heteroatoms. The molecule has 1 saturated carbocycles. The topological polar surface area (TPSA) is 59.5 Å². The van der Waals surface area contributed by atoms with Gasteiger partial charge in [-0.2, -0.15) is 5.10 Å². The van der Waals surface area contributed by atoms with E-state index in [2.05, 4.69) is 15.0 Å². The molecule has 0 saturated heterocycles. The fraction of sp³-hybridized carbons (Fsp3) is 0.538. The molecular weight excluding hydrogens is 226 g/mol. The summed E-state index contributed by atoms with van der Waals surface area (Å²) in [7, 11) is 0. The maximum atomic E-state index is 5.76. The third-order valence-corrected chi connectivity index (χ3v) is 3.71. The van der Waals surface area contributed by atoms with Crippen molar-refractivity contribution >= 4 is 11.3 Å². The minimum absolute atomic E-state index is 0.585. The normalized spacial score (nSPS) is 16.5. The van der Waals surface area contributed by atoms with Gasteiger partial charge in [-0.05, 0) is 18.9 Å². The highest BCUT2D eigenvalue weighted by atomic mass is 15.3. The molecular formula is C13H19N5. The molecule has 0 aromatic carbocycles. The Morgan fingerprint density at radius 2 is 2.17 bits per heavy atom. The minimum atomic E-state index is 0.585. The highest BCUT2D eigenvalue weighted by Crippen LogP contribution is 2.28. The van der Waals surface area contributed by atoms with E-state index in [0.717, 1.165) is 17.9 Å². The van der Waals surface area contributed by atoms with Crippen LogP contribution in [0.2, 0.25) is 0 Å². The largest absolute Gasteiger partial charge is 0.351 e. The summed E-state index contributed by atoms with van der Waals surface area (Å²) in [6.07, 6.45) is 10.6. The lowest BCUT2D eigenvalue weighted by atomic mass is 10.2. The van der Waals surface area contributed by atoms with E-state index >= 15 is 0 Å². The lowest BCUT2D eigenvalue weighted by Gasteiger charge is -2.30. The van der Waals surface area contributed by atoms with Crippen LogP contribution < -0.4 is 10.6 Å². The third-order valence-electron chi connectivity index (χ3n) is 3.71. The van der Waals surface area contributed by atoms with E-state index < -0.39 is 0 Å². The summed E-state index contributed by atoms with van der Waals surface area (Å²) in [6, 6.07) is 2.60. The number of anilines is 1. The zero-order valence-electron chi connectivity index (χ0n) is 10.5. The van der Waals surface area contributed by atoms with E-state index in [-0.39, 0.29) is 0 Å². The predicted octanol–water partition coefficient (Wildman–Crippen LogP) is 1.44. The molecule has 1 aliphatic rings. The first-order chi connectivity index (χ1) is 8.90. The van der Waals surface area contributed by atoms with Crippen molar-refractivity contribution in [2.75, 3.05) is 18.0 Å². The van der Waals surface area contributed by atoms with Gasteiger partial charge in [-0.3, -0.25) is 0 Å². The minimum Gasteiger partial charge on any atom is -0.351 e. The Labute approximate surface area is 107 Å². The smallest absolute Gasteiger partial charge is 0.154 e. The van der Waals surface area contributed by atoms with Crippen molar-refractivity contribution in [3.8, 4) is 0 Å². The quantitative estimate of drug-likeness (QED) is 0.885. The monoisotopic (exact) mass is 245 g/mol. The average molecular weight is 245 g/mol. The van der Waals surface area contributed by atoms with Gasteiger partial charge in [-0.15, -0.1) is 0 Å². The summed E-state index contributed by atoms with van der Waals surface area (Å²) in [4.78, 5) is 6.92. The van der Waals surface area contributed by atoms with Crippen LogP contribution in [0.3, 0.4) is 0 Å². The van der Waals surface area contributed by atoms with Crippen LogP contribution in [0, 0.1) is 0 Å². The van der Waals surface area contributed by atoms with Crippen LogP contribution in [0.25, 0.3) is 5.52 Å². The fourth-order valence-electron chi connectivity index (χ4n) is 2.88. The van der Waals surface area contributed by atoms with E-state index in [9.17, 15) is 0 Å². The molecule has 1 aliphatic carbocycles. The molecule has 3 rings (SSSR count). The average Bonchev–Trinajstić information content (AvgIpc) is 3.06. The van der Waals surface area contributed by atoms with Crippen LogP contribution >= 0.6 is 0 Å². The molecule has 2 aromatic rings. The molecule has 2 aromatic heterocycles. The van der Waals surface area contributed by atoms with Crippen LogP contribution in [-0.2, 0) is 0 Å². The van der Waals surface area contributed by atoms with Crippen molar-refractivity contribution in [1.29, 1.82) is 0 Å². The van der Waals surface area contributed by atoms with Gasteiger partial charge in [0, 0.05) is 31.5 Å². The zero-order valence-corrected chi connectivity index (χ0v) is 10.5. The lowest BCUT2D eigenvalue weighted by Crippen LogP contribution is -2.38. The van der Waals surface area contributed by atoms with Crippen LogP contribution in [0.4, 0.5) is 5.82 Å². The molecule has 0 spiro atoms. The van der Waals surface area contributed by atoms with Crippen LogP contribution in [-0.4, -0.2) is 33.7 Å². The Kier molecular flexibility index (Phi) is 3.15. The van der Waals surface area contributed by atoms with Gasteiger partial charge in [0.25, 0.3) is 0 Å². The number of nitrogens with two attached hydrogens (primary N) is 1. The molecule has 0 amide bonds. The van der Waals surface area contributed by atoms with Crippen LogP contribution in [0.15, 0.2) is 24.7 Å². The number of hydrogen-bond donors (Lipinski definition) is 1. The van der Waals surface area contributed by atoms with Crippen molar-refractivity contribution < 1.29 is 0 Å². The zero-order chi connectivity index (χ0) is 12.4. The van der Waals surface area contributed by atoms with E-state index in [1.807, 2.05) is 29.2 Å². The molecule has 5 nitrogen and oxygen atoms in total. The molecule has 0 radical (unpaired) electrons. The SMILES string of the molecule is NCCN(c1nccn2nccc12)C1CCCC1. The van der Waals surface area contributed by atoms with Crippen LogP contribution in [0.5, 0.6) is 0 Å². The van der Waals surface area contributed by atoms with E-state index in [0.29, 0.717) is 12.6 Å². The number of hydrogen-bond acceptors (Lipinski definition) is 4. The second kappa shape index (κ2) is 4.94. The van der Waals surface area contributed by atoms with E-state index in [1.54, 1.807) is 0 Å². The van der Waals surface area contributed by atoms with Gasteiger partial charge in [0.1, 0.15) is 5.52 Å². The summed E-state index contributed by atoms with van der Waals surface area (Å²) in [5.41, 5.74) is 6.83. The Bertz CT molecular complexity index is 515. The van der Waals surface area contributed by atoms with E-state index in [4.69, 9.17) is 5.73 Å². The number of fused-ring (bicyclic) bond motifs is 1. The molecule has 2 heterocycles. The summed E-state index contributed by atoms with van der Waals surface area (Å²) < 4.78 is 1.88. The highest BCUT2D eigenvalue weighted by Gasteiger charge is 2.24. The van der Waals surface area contributed by atoms with E-state index in [1.165, 1.54) is 25.7 Å². The summed E-state index contributed by atoms with van der Waals surface area (Å²) in [5, 5.41) is 4.27. The first-order valence-corrected chi connectivity index (χ1v) is 6.65. The summed E-state index contributed by atoms with van der Waals surface area (Å²) in [5.74, 6) is 1.02. The van der Waals surface area contributed by atoms with Crippen molar-refractivity contribution in [2.24, 2.45) is 5.73 Å². The van der Waals surface area contributed by atoms with Gasteiger partial charge in [0.15, 0.2) is 5.82 Å². The maximum absolute atomic E-state index is 5.76. The highest BCUT2D eigenvalue weighted by molar-refractivity contribution is 5.68. The Morgan fingerprint density at radius 3 is 2.94 bits per heavy atom. The molecule has 0 atom stereocenters. The summed E-state index contributed by atoms with van der Waals surface area (Å²) >= 11 is 0. The standard InChI is InChI=1S/C13H19N5/c14-6-9-17(11-3-1-2-4-11)13-12-5-7-16-18(12)10-8-15-13/h5,7-8,10-11H,1-4,6,9,14H2. The first-order valence-electron chi connectivity index (χ1n) is 6.65.